The van der Waals surface area contributed by atoms with E-state index in [1.54, 1.807) is 0 Å². The van der Waals surface area contributed by atoms with Crippen LogP contribution in [0.4, 0.5) is 18.9 Å². The summed E-state index contributed by atoms with van der Waals surface area (Å²) in [5.41, 5.74) is 0.323. The first-order chi connectivity index (χ1) is 9.47. The van der Waals surface area contributed by atoms with Gasteiger partial charge in [0.1, 0.15) is 21.3 Å². The van der Waals surface area contributed by atoms with E-state index in [-0.39, 0.29) is 5.52 Å². The predicted molar refractivity (Wildman–Crippen MR) is 72.7 cm³/mol. The van der Waals surface area contributed by atoms with Gasteiger partial charge in [-0.25, -0.2) is 4.98 Å². The summed E-state index contributed by atoms with van der Waals surface area (Å²) in [5.74, 6) is 0. The van der Waals surface area contributed by atoms with Crippen LogP contribution in [0.1, 0.15) is 25.0 Å². The molecule has 0 unspecified atom stereocenters. The monoisotopic (exact) mass is 348 g/mol. The Labute approximate surface area is 121 Å². The van der Waals surface area contributed by atoms with E-state index in [1.165, 1.54) is 0 Å². The summed E-state index contributed by atoms with van der Waals surface area (Å²) in [5, 5.41) is 6.72. The molecular weight excluding hydrogens is 337 g/mol. The predicted octanol–water partition coefficient (Wildman–Crippen LogP) is 3.73. The maximum atomic E-state index is 13.0. The van der Waals surface area contributed by atoms with E-state index < -0.39 is 11.9 Å². The van der Waals surface area contributed by atoms with Gasteiger partial charge in [-0.2, -0.15) is 18.3 Å². The third kappa shape index (κ3) is 2.36. The van der Waals surface area contributed by atoms with Crippen LogP contribution in [0.5, 0.6) is 0 Å². The minimum absolute atomic E-state index is 0.223. The minimum Gasteiger partial charge on any atom is -0.370 e. The van der Waals surface area contributed by atoms with Gasteiger partial charge in [0.25, 0.3) is 0 Å². The molecule has 1 aliphatic heterocycles. The Morgan fingerprint density at radius 2 is 1.85 bits per heavy atom. The Balaban J connectivity index is 2.17. The van der Waals surface area contributed by atoms with Gasteiger partial charge in [-0.15, -0.1) is 0 Å². The first-order valence-electron chi connectivity index (χ1n) is 6.33. The van der Waals surface area contributed by atoms with Crippen LogP contribution in [-0.2, 0) is 6.18 Å². The molecule has 1 aliphatic rings. The number of alkyl halides is 3. The van der Waals surface area contributed by atoms with Crippen LogP contribution in [0.2, 0.25) is 0 Å². The maximum absolute atomic E-state index is 13.0. The first kappa shape index (κ1) is 13.7. The fourth-order valence-electron chi connectivity index (χ4n) is 2.47. The first-order valence-corrected chi connectivity index (χ1v) is 7.13. The molecule has 4 nitrogen and oxygen atoms in total. The number of hydrogen-bond donors (Lipinski definition) is 1. The van der Waals surface area contributed by atoms with Gasteiger partial charge in [0.15, 0.2) is 0 Å². The molecule has 2 aromatic rings. The molecule has 0 aromatic carbocycles. The normalized spacial score (nSPS) is 16.9. The highest BCUT2D eigenvalue weighted by Crippen LogP contribution is 2.36. The van der Waals surface area contributed by atoms with Gasteiger partial charge in [-0.1, -0.05) is 0 Å². The number of H-pyrrole nitrogens is 1. The van der Waals surface area contributed by atoms with Crippen molar-refractivity contribution >= 4 is 32.7 Å². The highest BCUT2D eigenvalue weighted by Gasteiger charge is 2.34. The second-order valence-corrected chi connectivity index (χ2v) is 5.60. The summed E-state index contributed by atoms with van der Waals surface area (Å²) in [6.07, 6.45) is -1.38. The number of fused-ring (bicyclic) bond motifs is 1. The number of aromatic amines is 1. The van der Waals surface area contributed by atoms with E-state index in [0.717, 1.165) is 38.4 Å². The van der Waals surface area contributed by atoms with Gasteiger partial charge in [-0.3, -0.25) is 5.10 Å². The Bertz CT molecular complexity index is 631. The Morgan fingerprint density at radius 3 is 2.50 bits per heavy atom. The maximum Gasteiger partial charge on any atom is 0.433 e. The molecular formula is C12H12BrF3N4. The zero-order valence-electron chi connectivity index (χ0n) is 10.5. The molecule has 0 saturated carbocycles. The van der Waals surface area contributed by atoms with Gasteiger partial charge >= 0.3 is 6.18 Å². The molecule has 0 atom stereocenters. The number of anilines is 1. The number of hydrogen-bond acceptors (Lipinski definition) is 3. The Hall–Kier alpha value is -1.31. The molecule has 0 spiro atoms. The summed E-state index contributed by atoms with van der Waals surface area (Å²) in [6, 6.07) is 1.10. The summed E-state index contributed by atoms with van der Waals surface area (Å²) in [4.78, 5) is 5.62. The lowest BCUT2D eigenvalue weighted by Gasteiger charge is -2.29. The zero-order chi connectivity index (χ0) is 14.3. The molecule has 2 aromatic heterocycles. The Kier molecular flexibility index (Phi) is 3.35. The van der Waals surface area contributed by atoms with Crippen molar-refractivity contribution < 1.29 is 13.2 Å². The number of nitrogens with one attached hydrogen (secondary N) is 1. The van der Waals surface area contributed by atoms with E-state index in [0.29, 0.717) is 15.8 Å². The van der Waals surface area contributed by atoms with Crippen LogP contribution in [0.25, 0.3) is 11.0 Å². The van der Waals surface area contributed by atoms with E-state index in [4.69, 9.17) is 0 Å². The van der Waals surface area contributed by atoms with Crippen LogP contribution >= 0.6 is 15.9 Å². The molecule has 108 valence electrons. The second-order valence-electron chi connectivity index (χ2n) is 4.81. The van der Waals surface area contributed by atoms with Gasteiger partial charge in [0, 0.05) is 13.1 Å². The van der Waals surface area contributed by atoms with Crippen LogP contribution in [-0.4, -0.2) is 28.3 Å². The molecule has 0 aliphatic carbocycles. The quantitative estimate of drug-likeness (QED) is 0.853. The summed E-state index contributed by atoms with van der Waals surface area (Å²) >= 11 is 3.16. The minimum atomic E-state index is -4.46. The van der Waals surface area contributed by atoms with Crippen LogP contribution < -0.4 is 4.90 Å². The number of aromatic nitrogens is 3. The lowest BCUT2D eigenvalue weighted by atomic mass is 10.1. The van der Waals surface area contributed by atoms with Crippen molar-refractivity contribution in [1.29, 1.82) is 0 Å². The average Bonchev–Trinajstić information content (AvgIpc) is 2.80. The summed E-state index contributed by atoms with van der Waals surface area (Å²) in [7, 11) is 0. The van der Waals surface area contributed by atoms with Crippen molar-refractivity contribution in [2.24, 2.45) is 0 Å². The number of pyridine rings is 1. The third-order valence-electron chi connectivity index (χ3n) is 3.43. The van der Waals surface area contributed by atoms with E-state index >= 15 is 0 Å². The Morgan fingerprint density at radius 1 is 1.15 bits per heavy atom. The summed E-state index contributed by atoms with van der Waals surface area (Å²) < 4.78 is 39.3. The smallest absolute Gasteiger partial charge is 0.370 e. The van der Waals surface area contributed by atoms with Crippen molar-refractivity contribution in [3.63, 3.8) is 0 Å². The molecule has 0 bridgehead atoms. The van der Waals surface area contributed by atoms with Crippen molar-refractivity contribution in [1.82, 2.24) is 15.2 Å². The van der Waals surface area contributed by atoms with Crippen LogP contribution in [0.15, 0.2) is 10.7 Å². The highest BCUT2D eigenvalue weighted by molar-refractivity contribution is 9.10. The SMILES string of the molecule is FC(F)(F)c1cc(N2CCCCC2)c2n[nH]c(Br)c2n1. The highest BCUT2D eigenvalue weighted by atomic mass is 79.9. The second kappa shape index (κ2) is 4.91. The van der Waals surface area contributed by atoms with Crippen molar-refractivity contribution in [2.45, 2.75) is 25.4 Å². The molecule has 3 heterocycles. The molecule has 1 fully saturated rings. The van der Waals surface area contributed by atoms with E-state index in [1.807, 2.05) is 4.90 Å². The lowest BCUT2D eigenvalue weighted by molar-refractivity contribution is -0.140. The molecule has 1 saturated heterocycles. The van der Waals surface area contributed by atoms with Gasteiger partial charge in [0.05, 0.1) is 5.69 Å². The van der Waals surface area contributed by atoms with Crippen molar-refractivity contribution in [3.05, 3.63) is 16.4 Å². The van der Waals surface area contributed by atoms with Crippen LogP contribution in [0, 0.1) is 0 Å². The van der Waals surface area contributed by atoms with Gasteiger partial charge in [0.2, 0.25) is 0 Å². The van der Waals surface area contributed by atoms with E-state index in [2.05, 4.69) is 31.1 Å². The van der Waals surface area contributed by atoms with Gasteiger partial charge < -0.3 is 4.90 Å². The number of nitrogens with zero attached hydrogens (tertiary/aromatic N) is 3. The molecule has 0 amide bonds. The molecule has 1 N–H and O–H groups in total. The fraction of sp³-hybridized carbons (Fsp3) is 0.500. The number of halogens is 4. The molecule has 0 radical (unpaired) electrons. The standard InChI is InChI=1S/C12H12BrF3N4/c13-11-10-9(18-19-11)7(20-4-2-1-3-5-20)6-8(17-10)12(14,15)16/h6H,1-5H2,(H,18,19). The lowest BCUT2D eigenvalue weighted by Crippen LogP contribution is -2.30. The number of piperidine rings is 1. The summed E-state index contributed by atoms with van der Waals surface area (Å²) in [6.45, 7) is 1.50. The largest absolute Gasteiger partial charge is 0.433 e. The molecule has 20 heavy (non-hydrogen) atoms. The fourth-order valence-corrected chi connectivity index (χ4v) is 2.83. The molecule has 8 heteroatoms. The van der Waals surface area contributed by atoms with Gasteiger partial charge in [-0.05, 0) is 41.3 Å². The third-order valence-corrected chi connectivity index (χ3v) is 3.99. The topological polar surface area (TPSA) is 44.8 Å². The van der Waals surface area contributed by atoms with E-state index in [9.17, 15) is 13.2 Å². The number of rotatable bonds is 1. The molecule has 3 rings (SSSR count). The van der Waals surface area contributed by atoms with Crippen LogP contribution in [0.3, 0.4) is 0 Å². The zero-order valence-corrected chi connectivity index (χ0v) is 12.1. The average molecular weight is 349 g/mol. The van der Waals surface area contributed by atoms with Crippen molar-refractivity contribution in [2.75, 3.05) is 18.0 Å². The van der Waals surface area contributed by atoms with Crippen molar-refractivity contribution in [3.8, 4) is 0 Å².